The number of halogens is 1. The molecule has 0 aliphatic heterocycles. The number of hydrogen-bond donors (Lipinski definition) is 2. The van der Waals surface area contributed by atoms with Gasteiger partial charge >= 0.3 is 0 Å². The number of hydrogen-bond acceptors (Lipinski definition) is 4. The predicted molar refractivity (Wildman–Crippen MR) is 109 cm³/mol. The van der Waals surface area contributed by atoms with Crippen LogP contribution < -0.4 is 16.6 Å². The molecule has 1 amide bonds. The maximum absolute atomic E-state index is 12.8. The normalized spacial score (nSPS) is 12.2. The molecule has 0 radical (unpaired) electrons. The molecule has 0 spiro atoms. The van der Waals surface area contributed by atoms with Crippen molar-refractivity contribution in [3.05, 3.63) is 74.7 Å². The quantitative estimate of drug-likeness (QED) is 0.605. The molecule has 0 fully saturated rings. The first kappa shape index (κ1) is 19.3. The molecule has 7 heteroatoms. The molecule has 0 bridgehead atoms. The molecule has 0 aliphatic carbocycles. The van der Waals surface area contributed by atoms with E-state index in [4.69, 9.17) is 5.73 Å². The lowest BCUT2D eigenvalue weighted by atomic mass is 10.0. The maximum atomic E-state index is 12.8. The molecular weight excluding hydrogens is 408 g/mol. The summed E-state index contributed by atoms with van der Waals surface area (Å²) in [5.41, 5.74) is 6.84. The van der Waals surface area contributed by atoms with Gasteiger partial charge in [0.25, 0.3) is 5.56 Å². The van der Waals surface area contributed by atoms with E-state index in [0.29, 0.717) is 23.3 Å². The molecule has 3 N–H and O–H groups in total. The third kappa shape index (κ3) is 4.43. The second kappa shape index (κ2) is 8.45. The zero-order valence-electron chi connectivity index (χ0n) is 15.0. The van der Waals surface area contributed by atoms with Gasteiger partial charge in [0.05, 0.1) is 17.4 Å². The first-order valence-corrected chi connectivity index (χ1v) is 9.54. The van der Waals surface area contributed by atoms with Gasteiger partial charge < -0.3 is 11.1 Å². The lowest BCUT2D eigenvalue weighted by Gasteiger charge is -2.19. The molecule has 0 aliphatic rings. The number of nitrogens with zero attached hydrogens (tertiary/aromatic N) is 2. The highest BCUT2D eigenvalue weighted by atomic mass is 79.9. The Morgan fingerprint density at radius 2 is 1.93 bits per heavy atom. The van der Waals surface area contributed by atoms with Crippen LogP contribution in [0.15, 0.2) is 57.8 Å². The number of primary amides is 1. The zero-order valence-corrected chi connectivity index (χ0v) is 16.6. The van der Waals surface area contributed by atoms with E-state index in [2.05, 4.69) is 45.3 Å². The van der Waals surface area contributed by atoms with E-state index in [1.807, 2.05) is 18.2 Å². The molecule has 140 valence electrons. The largest absolute Gasteiger partial charge is 0.368 e. The Bertz CT molecular complexity index is 1010. The van der Waals surface area contributed by atoms with Crippen LogP contribution in [0.3, 0.4) is 0 Å². The summed E-state index contributed by atoms with van der Waals surface area (Å²) < 4.78 is 2.37. The molecule has 1 aromatic heterocycles. The van der Waals surface area contributed by atoms with Crippen molar-refractivity contribution in [1.82, 2.24) is 14.9 Å². The lowest BCUT2D eigenvalue weighted by molar-refractivity contribution is -0.118. The van der Waals surface area contributed by atoms with Crippen LogP contribution in [0.5, 0.6) is 0 Å². The summed E-state index contributed by atoms with van der Waals surface area (Å²) in [5.74, 6) is -0.0801. The predicted octanol–water partition coefficient (Wildman–Crippen LogP) is 2.89. The molecule has 1 heterocycles. The standard InChI is InChI=1S/C20H21BrN4O2/c1-2-16(13-7-9-14(21)10-8-13)23-11-19-24-17-6-4-3-5-15(17)20(27)25(19)12-18(22)26/h3-10,16,23H,2,11-12H2,1H3,(H2,22,26). The molecule has 2 aromatic carbocycles. The highest BCUT2D eigenvalue weighted by molar-refractivity contribution is 9.10. The van der Waals surface area contributed by atoms with E-state index in [-0.39, 0.29) is 18.1 Å². The second-order valence-corrected chi connectivity index (χ2v) is 7.21. The molecule has 1 unspecified atom stereocenters. The molecule has 0 saturated carbocycles. The van der Waals surface area contributed by atoms with Crippen molar-refractivity contribution in [1.29, 1.82) is 0 Å². The van der Waals surface area contributed by atoms with Gasteiger partial charge in [-0.05, 0) is 36.2 Å². The number of amides is 1. The summed E-state index contributed by atoms with van der Waals surface area (Å²) in [6, 6.07) is 15.3. The molecule has 0 saturated heterocycles. The number of nitrogens with one attached hydrogen (secondary N) is 1. The maximum Gasteiger partial charge on any atom is 0.261 e. The van der Waals surface area contributed by atoms with Gasteiger partial charge in [-0.3, -0.25) is 14.2 Å². The van der Waals surface area contributed by atoms with E-state index in [1.165, 1.54) is 4.57 Å². The summed E-state index contributed by atoms with van der Waals surface area (Å²) in [5, 5.41) is 3.91. The van der Waals surface area contributed by atoms with Gasteiger partial charge in [-0.2, -0.15) is 0 Å². The smallest absolute Gasteiger partial charge is 0.261 e. The van der Waals surface area contributed by atoms with Crippen LogP contribution in [0.25, 0.3) is 10.9 Å². The van der Waals surface area contributed by atoms with Gasteiger partial charge in [-0.1, -0.05) is 47.1 Å². The Morgan fingerprint density at radius 3 is 2.59 bits per heavy atom. The Kier molecular flexibility index (Phi) is 6.03. The van der Waals surface area contributed by atoms with Crippen LogP contribution in [0.4, 0.5) is 0 Å². The van der Waals surface area contributed by atoms with Gasteiger partial charge in [0.1, 0.15) is 12.4 Å². The van der Waals surface area contributed by atoms with Crippen molar-refractivity contribution in [3.8, 4) is 0 Å². The minimum atomic E-state index is -0.574. The lowest BCUT2D eigenvalue weighted by Crippen LogP contribution is -2.34. The van der Waals surface area contributed by atoms with Crippen molar-refractivity contribution in [2.24, 2.45) is 5.73 Å². The molecule has 27 heavy (non-hydrogen) atoms. The van der Waals surface area contributed by atoms with E-state index in [0.717, 1.165) is 16.5 Å². The van der Waals surface area contributed by atoms with Gasteiger partial charge in [-0.15, -0.1) is 0 Å². The third-order valence-corrected chi connectivity index (χ3v) is 4.97. The Labute approximate surface area is 165 Å². The molecular formula is C20H21BrN4O2. The Hall–Kier alpha value is -2.51. The minimum absolute atomic E-state index is 0.100. The fourth-order valence-corrected chi connectivity index (χ4v) is 3.34. The van der Waals surface area contributed by atoms with Crippen LogP contribution in [0.1, 0.15) is 30.8 Å². The average molecular weight is 429 g/mol. The van der Waals surface area contributed by atoms with Crippen LogP contribution in [-0.2, 0) is 17.9 Å². The second-order valence-electron chi connectivity index (χ2n) is 6.30. The van der Waals surface area contributed by atoms with Crippen molar-refractivity contribution >= 4 is 32.7 Å². The summed E-state index contributed by atoms with van der Waals surface area (Å²) in [4.78, 5) is 28.8. The monoisotopic (exact) mass is 428 g/mol. The van der Waals surface area contributed by atoms with Crippen LogP contribution in [0.2, 0.25) is 0 Å². The number of rotatable bonds is 7. The number of para-hydroxylation sites is 1. The van der Waals surface area contributed by atoms with Crippen molar-refractivity contribution in [2.45, 2.75) is 32.5 Å². The number of carbonyl (C=O) groups excluding carboxylic acids is 1. The summed E-state index contributed by atoms with van der Waals surface area (Å²) in [6.45, 7) is 2.24. The SMILES string of the molecule is CCC(NCc1nc2ccccc2c(=O)n1CC(N)=O)c1ccc(Br)cc1. The van der Waals surface area contributed by atoms with Gasteiger partial charge in [0.15, 0.2) is 0 Å². The van der Waals surface area contributed by atoms with Crippen molar-refractivity contribution < 1.29 is 4.79 Å². The van der Waals surface area contributed by atoms with Crippen molar-refractivity contribution in [2.75, 3.05) is 0 Å². The number of fused-ring (bicyclic) bond motifs is 1. The zero-order chi connectivity index (χ0) is 19.4. The van der Waals surface area contributed by atoms with E-state index in [1.54, 1.807) is 18.2 Å². The Morgan fingerprint density at radius 1 is 1.22 bits per heavy atom. The molecule has 3 aromatic rings. The molecule has 1 atom stereocenters. The molecule has 6 nitrogen and oxygen atoms in total. The average Bonchev–Trinajstić information content (AvgIpc) is 2.66. The van der Waals surface area contributed by atoms with E-state index in [9.17, 15) is 9.59 Å². The highest BCUT2D eigenvalue weighted by Gasteiger charge is 2.15. The van der Waals surface area contributed by atoms with Crippen LogP contribution in [-0.4, -0.2) is 15.5 Å². The van der Waals surface area contributed by atoms with Gasteiger partial charge in [0.2, 0.25) is 5.91 Å². The highest BCUT2D eigenvalue weighted by Crippen LogP contribution is 2.20. The van der Waals surface area contributed by atoms with Crippen LogP contribution in [0, 0.1) is 0 Å². The van der Waals surface area contributed by atoms with E-state index < -0.39 is 5.91 Å². The van der Waals surface area contributed by atoms with Crippen LogP contribution >= 0.6 is 15.9 Å². The minimum Gasteiger partial charge on any atom is -0.368 e. The Balaban J connectivity index is 1.93. The number of benzene rings is 2. The van der Waals surface area contributed by atoms with Crippen molar-refractivity contribution in [3.63, 3.8) is 0 Å². The fourth-order valence-electron chi connectivity index (χ4n) is 3.08. The fraction of sp³-hybridized carbons (Fsp3) is 0.250. The number of carbonyl (C=O) groups is 1. The number of nitrogens with two attached hydrogens (primary N) is 1. The van der Waals surface area contributed by atoms with Gasteiger partial charge in [-0.25, -0.2) is 4.98 Å². The first-order valence-electron chi connectivity index (χ1n) is 8.75. The molecule has 3 rings (SSSR count). The summed E-state index contributed by atoms with van der Waals surface area (Å²) in [7, 11) is 0. The number of aromatic nitrogens is 2. The van der Waals surface area contributed by atoms with E-state index >= 15 is 0 Å². The summed E-state index contributed by atoms with van der Waals surface area (Å²) in [6.07, 6.45) is 0.870. The van der Waals surface area contributed by atoms with Gasteiger partial charge in [0, 0.05) is 10.5 Å². The third-order valence-electron chi connectivity index (χ3n) is 4.44. The summed E-state index contributed by atoms with van der Waals surface area (Å²) >= 11 is 3.44. The topological polar surface area (TPSA) is 90.0 Å². The first-order chi connectivity index (χ1) is 13.0.